The van der Waals surface area contributed by atoms with Crippen molar-refractivity contribution in [1.82, 2.24) is 0 Å². The summed E-state index contributed by atoms with van der Waals surface area (Å²) in [4.78, 5) is 0. The molecule has 0 fully saturated rings. The van der Waals surface area contributed by atoms with Crippen molar-refractivity contribution in [1.29, 1.82) is 0 Å². The van der Waals surface area contributed by atoms with Gasteiger partial charge in [0.1, 0.15) is 11.5 Å². The van der Waals surface area contributed by atoms with Crippen molar-refractivity contribution in [2.45, 2.75) is 0 Å². The summed E-state index contributed by atoms with van der Waals surface area (Å²) in [5.41, 5.74) is 0. The lowest BCUT2D eigenvalue weighted by atomic mass is 10.1. The normalized spacial score (nSPS) is 11.7. The van der Waals surface area contributed by atoms with Crippen molar-refractivity contribution in [2.24, 2.45) is 0 Å². The molecule has 142 valence electrons. The highest BCUT2D eigenvalue weighted by molar-refractivity contribution is 7.50. The second-order valence-electron chi connectivity index (χ2n) is 5.89. The molecule has 0 aromatic heterocycles. The van der Waals surface area contributed by atoms with E-state index < -0.39 is 7.82 Å². The van der Waals surface area contributed by atoms with E-state index in [1.165, 1.54) is 0 Å². The van der Waals surface area contributed by atoms with E-state index in [1.807, 2.05) is 24.3 Å². The van der Waals surface area contributed by atoms with Crippen LogP contribution in [-0.4, -0.2) is 0 Å². The first kappa shape index (κ1) is 19.4. The van der Waals surface area contributed by atoms with E-state index >= 15 is 0 Å². The molecule has 0 saturated carbocycles. The molecule has 0 unspecified atom stereocenters. The molecule has 4 aromatic carbocycles. The second-order valence-corrected chi connectivity index (χ2v) is 8.51. The summed E-state index contributed by atoms with van der Waals surface area (Å²) in [6.45, 7) is 0. The van der Waals surface area contributed by atoms with Crippen LogP contribution in [-0.2, 0) is 8.64 Å². The summed E-state index contributed by atoms with van der Waals surface area (Å²) in [5, 5.41) is 3.61. The first-order valence-electron chi connectivity index (χ1n) is 8.15. The Morgan fingerprint density at radius 2 is 1.04 bits per heavy atom. The van der Waals surface area contributed by atoms with Crippen LogP contribution >= 0.6 is 42.9 Å². The van der Waals surface area contributed by atoms with E-state index in [2.05, 4.69) is 4.08 Å². The van der Waals surface area contributed by atoms with Crippen molar-refractivity contribution in [2.75, 3.05) is 0 Å². The summed E-state index contributed by atoms with van der Waals surface area (Å²) in [5.74, 6) is 0.442. The molecule has 4 aromatic rings. The molecule has 8 heteroatoms. The third kappa shape index (κ3) is 3.67. The molecular formula is C20H12Cl3O4P. The molecule has 4 nitrogen and oxygen atoms in total. The molecular weight excluding hydrogens is 442 g/mol. The van der Waals surface area contributed by atoms with Crippen LogP contribution in [0, 0.1) is 0 Å². The maximum Gasteiger partial charge on any atom is 0.604 e. The van der Waals surface area contributed by atoms with Crippen molar-refractivity contribution in [3.05, 3.63) is 82.8 Å². The SMILES string of the molecule is O=P(OCl)(Oc1cccc2cccc(Cl)c12)Oc1cccc2cccc(Cl)c12. The van der Waals surface area contributed by atoms with Gasteiger partial charge < -0.3 is 9.05 Å². The Labute approximate surface area is 176 Å². The van der Waals surface area contributed by atoms with Crippen LogP contribution in [0.5, 0.6) is 11.5 Å². The monoisotopic (exact) mass is 452 g/mol. The zero-order valence-electron chi connectivity index (χ0n) is 14.1. The molecule has 0 heterocycles. The number of benzene rings is 4. The van der Waals surface area contributed by atoms with Gasteiger partial charge in [0.2, 0.25) is 0 Å². The van der Waals surface area contributed by atoms with Gasteiger partial charge in [0.15, 0.2) is 0 Å². The van der Waals surface area contributed by atoms with Crippen LogP contribution < -0.4 is 9.05 Å². The van der Waals surface area contributed by atoms with Crippen LogP contribution in [0.4, 0.5) is 0 Å². The van der Waals surface area contributed by atoms with E-state index in [1.54, 1.807) is 48.5 Å². The minimum absolute atomic E-state index is 0.221. The largest absolute Gasteiger partial charge is 0.604 e. The Hall–Kier alpha value is -1.94. The van der Waals surface area contributed by atoms with E-state index in [0.29, 0.717) is 20.8 Å². The van der Waals surface area contributed by atoms with E-state index in [9.17, 15) is 4.57 Å². The predicted molar refractivity (Wildman–Crippen MR) is 114 cm³/mol. The number of halogens is 3. The second kappa shape index (κ2) is 7.82. The topological polar surface area (TPSA) is 44.8 Å². The lowest BCUT2D eigenvalue weighted by molar-refractivity contribution is 0.310. The molecule has 0 amide bonds. The molecule has 0 aliphatic rings. The quantitative estimate of drug-likeness (QED) is 0.287. The van der Waals surface area contributed by atoms with Crippen LogP contribution in [0.2, 0.25) is 10.0 Å². The number of hydrogen-bond acceptors (Lipinski definition) is 4. The fourth-order valence-electron chi connectivity index (χ4n) is 2.96. The van der Waals surface area contributed by atoms with Crippen molar-refractivity contribution >= 4 is 64.4 Å². The highest BCUT2D eigenvalue weighted by Gasteiger charge is 2.33. The van der Waals surface area contributed by atoms with Crippen LogP contribution in [0.25, 0.3) is 21.5 Å². The fraction of sp³-hybridized carbons (Fsp3) is 0. The Bertz CT molecular complexity index is 1130. The van der Waals surface area contributed by atoms with Crippen molar-refractivity contribution < 1.29 is 17.7 Å². The fourth-order valence-corrected chi connectivity index (χ4v) is 4.56. The summed E-state index contributed by atoms with van der Waals surface area (Å²) in [7, 11) is -4.24. The summed E-state index contributed by atoms with van der Waals surface area (Å²) in [6.07, 6.45) is 0. The Morgan fingerprint density at radius 3 is 1.43 bits per heavy atom. The number of phosphoric acid groups is 1. The summed E-state index contributed by atoms with van der Waals surface area (Å²) >= 11 is 18.1. The first-order chi connectivity index (χ1) is 13.5. The average Bonchev–Trinajstić information content (AvgIpc) is 2.68. The van der Waals surface area contributed by atoms with Crippen LogP contribution in [0.3, 0.4) is 0 Å². The van der Waals surface area contributed by atoms with Gasteiger partial charge in [-0.1, -0.05) is 71.7 Å². The molecule has 0 N–H and O–H groups in total. The van der Waals surface area contributed by atoms with Gasteiger partial charge in [-0.3, -0.25) is 0 Å². The lowest BCUT2D eigenvalue weighted by Gasteiger charge is -2.18. The Balaban J connectivity index is 1.77. The van der Waals surface area contributed by atoms with E-state index in [4.69, 9.17) is 44.1 Å². The standard InChI is InChI=1S/C20H12Cl3O4P/c21-15-9-1-5-13-7-3-11-17(19(13)15)25-28(24,27-23)26-18-12-4-8-14-6-2-10-16(22)20(14)18/h1-12H. The maximum atomic E-state index is 13.1. The predicted octanol–water partition coefficient (Wildman–Crippen LogP) is 8.04. The van der Waals surface area contributed by atoms with E-state index in [0.717, 1.165) is 10.8 Å². The van der Waals surface area contributed by atoms with Gasteiger partial charge in [0.25, 0.3) is 0 Å². The number of rotatable bonds is 5. The number of phosphoric ester groups is 1. The van der Waals surface area contributed by atoms with Gasteiger partial charge >= 0.3 is 7.82 Å². The van der Waals surface area contributed by atoms with Gasteiger partial charge in [-0.15, -0.1) is 0 Å². The molecule has 0 aliphatic heterocycles. The highest BCUT2D eigenvalue weighted by atomic mass is 35.5. The Morgan fingerprint density at radius 1 is 0.643 bits per heavy atom. The zero-order chi connectivity index (χ0) is 19.7. The summed E-state index contributed by atoms with van der Waals surface area (Å²) < 4.78 is 28.9. The highest BCUT2D eigenvalue weighted by Crippen LogP contribution is 2.53. The first-order valence-corrected chi connectivity index (χ1v) is 10.7. The van der Waals surface area contributed by atoms with Gasteiger partial charge in [-0.2, -0.15) is 4.08 Å². The van der Waals surface area contributed by atoms with Crippen LogP contribution in [0.1, 0.15) is 0 Å². The van der Waals surface area contributed by atoms with Gasteiger partial charge in [0.05, 0.1) is 21.9 Å². The van der Waals surface area contributed by atoms with Crippen molar-refractivity contribution in [3.8, 4) is 11.5 Å². The third-order valence-corrected chi connectivity index (χ3v) is 6.28. The molecule has 4 rings (SSSR count). The molecule has 0 atom stereocenters. The van der Waals surface area contributed by atoms with E-state index in [-0.39, 0.29) is 11.5 Å². The lowest BCUT2D eigenvalue weighted by Crippen LogP contribution is -2.02. The minimum Gasteiger partial charge on any atom is -0.393 e. The number of fused-ring (bicyclic) bond motifs is 2. The van der Waals surface area contributed by atoms with Gasteiger partial charge in [-0.25, -0.2) is 4.57 Å². The van der Waals surface area contributed by atoms with Gasteiger partial charge in [0, 0.05) is 10.8 Å². The van der Waals surface area contributed by atoms with Crippen LogP contribution in [0.15, 0.2) is 72.8 Å². The molecule has 28 heavy (non-hydrogen) atoms. The maximum absolute atomic E-state index is 13.1. The number of hydrogen-bond donors (Lipinski definition) is 0. The molecule has 0 aliphatic carbocycles. The molecule has 0 radical (unpaired) electrons. The zero-order valence-corrected chi connectivity index (χ0v) is 17.3. The van der Waals surface area contributed by atoms with Gasteiger partial charge in [-0.05, 0) is 35.0 Å². The third-order valence-electron chi connectivity index (χ3n) is 4.14. The summed E-state index contributed by atoms with van der Waals surface area (Å²) in [6, 6.07) is 21.1. The molecule has 0 saturated heterocycles. The Kier molecular flexibility index (Phi) is 5.42. The molecule has 0 bridgehead atoms. The van der Waals surface area contributed by atoms with Crippen molar-refractivity contribution in [3.63, 3.8) is 0 Å². The minimum atomic E-state index is -4.24. The average molecular weight is 454 g/mol. The smallest absolute Gasteiger partial charge is 0.393 e. The molecule has 0 spiro atoms.